The summed E-state index contributed by atoms with van der Waals surface area (Å²) in [7, 11) is 1.89. The third-order valence-electron chi connectivity index (χ3n) is 2.52. The predicted octanol–water partition coefficient (Wildman–Crippen LogP) is 2.28. The molecule has 4 nitrogen and oxygen atoms in total. The molecule has 17 heavy (non-hydrogen) atoms. The van der Waals surface area contributed by atoms with Crippen LogP contribution in [-0.4, -0.2) is 12.0 Å². The van der Waals surface area contributed by atoms with Crippen molar-refractivity contribution in [1.82, 2.24) is 10.3 Å². The molecule has 0 saturated heterocycles. The molecule has 1 N–H and O–H groups in total. The summed E-state index contributed by atoms with van der Waals surface area (Å²) in [5.74, 6) is 1.72. The van der Waals surface area contributed by atoms with E-state index in [4.69, 9.17) is 9.15 Å². The Morgan fingerprint density at radius 1 is 1.41 bits per heavy atom. The third kappa shape index (κ3) is 2.85. The molecule has 90 valence electrons. The molecule has 0 fully saturated rings. The van der Waals surface area contributed by atoms with Gasteiger partial charge in [0.05, 0.1) is 18.5 Å². The number of furan rings is 1. The monoisotopic (exact) mass is 232 g/mol. The topological polar surface area (TPSA) is 47.3 Å². The smallest absolute Gasteiger partial charge is 0.141 e. The van der Waals surface area contributed by atoms with Gasteiger partial charge in [-0.05, 0) is 32.2 Å². The van der Waals surface area contributed by atoms with Gasteiger partial charge in [-0.2, -0.15) is 0 Å². The SMILES string of the molecule is CNCc1occc1COc1cccnc1C. The lowest BCUT2D eigenvalue weighted by molar-refractivity contribution is 0.298. The van der Waals surface area contributed by atoms with Crippen LogP contribution >= 0.6 is 0 Å². The van der Waals surface area contributed by atoms with Gasteiger partial charge in [-0.15, -0.1) is 0 Å². The summed E-state index contributed by atoms with van der Waals surface area (Å²) in [5, 5.41) is 3.06. The normalized spacial score (nSPS) is 10.5. The van der Waals surface area contributed by atoms with Crippen molar-refractivity contribution in [2.75, 3.05) is 7.05 Å². The summed E-state index contributed by atoms with van der Waals surface area (Å²) in [6.07, 6.45) is 3.44. The Labute approximate surface area is 101 Å². The fourth-order valence-corrected chi connectivity index (χ4v) is 1.59. The quantitative estimate of drug-likeness (QED) is 0.859. The fraction of sp³-hybridized carbons (Fsp3) is 0.308. The maximum atomic E-state index is 5.72. The number of aryl methyl sites for hydroxylation is 1. The molecule has 2 rings (SSSR count). The van der Waals surface area contributed by atoms with E-state index >= 15 is 0 Å². The number of hydrogen-bond acceptors (Lipinski definition) is 4. The van der Waals surface area contributed by atoms with Crippen molar-refractivity contribution in [3.8, 4) is 5.75 Å². The maximum Gasteiger partial charge on any atom is 0.141 e. The molecule has 0 amide bonds. The number of nitrogens with one attached hydrogen (secondary N) is 1. The van der Waals surface area contributed by atoms with Crippen LogP contribution in [0.1, 0.15) is 17.0 Å². The lowest BCUT2D eigenvalue weighted by Gasteiger charge is -2.08. The Hall–Kier alpha value is -1.81. The lowest BCUT2D eigenvalue weighted by Crippen LogP contribution is -2.07. The van der Waals surface area contributed by atoms with Crippen LogP contribution in [0.15, 0.2) is 35.1 Å². The first-order valence-electron chi connectivity index (χ1n) is 5.55. The van der Waals surface area contributed by atoms with Gasteiger partial charge in [0.25, 0.3) is 0 Å². The second-order valence-corrected chi connectivity index (χ2v) is 3.77. The highest BCUT2D eigenvalue weighted by atomic mass is 16.5. The highest BCUT2D eigenvalue weighted by Gasteiger charge is 2.07. The molecule has 2 aromatic heterocycles. The molecule has 2 aromatic rings. The van der Waals surface area contributed by atoms with Gasteiger partial charge in [-0.1, -0.05) is 0 Å². The molecule has 0 aliphatic heterocycles. The highest BCUT2D eigenvalue weighted by molar-refractivity contribution is 5.26. The summed E-state index contributed by atoms with van der Waals surface area (Å²) < 4.78 is 11.1. The van der Waals surface area contributed by atoms with E-state index in [1.165, 1.54) is 0 Å². The van der Waals surface area contributed by atoms with Gasteiger partial charge in [0, 0.05) is 11.8 Å². The number of pyridine rings is 1. The molecule has 0 unspecified atom stereocenters. The zero-order chi connectivity index (χ0) is 12.1. The van der Waals surface area contributed by atoms with Crippen molar-refractivity contribution in [3.63, 3.8) is 0 Å². The van der Waals surface area contributed by atoms with Crippen LogP contribution in [0, 0.1) is 6.92 Å². The van der Waals surface area contributed by atoms with Gasteiger partial charge < -0.3 is 14.5 Å². The van der Waals surface area contributed by atoms with Crippen LogP contribution in [0.2, 0.25) is 0 Å². The largest absolute Gasteiger partial charge is 0.487 e. The van der Waals surface area contributed by atoms with Gasteiger partial charge in [0.1, 0.15) is 18.1 Å². The van der Waals surface area contributed by atoms with Gasteiger partial charge in [0.2, 0.25) is 0 Å². The standard InChI is InChI=1S/C13H16N2O2/c1-10-12(4-3-6-15-10)17-9-11-5-7-16-13(11)8-14-2/h3-7,14H,8-9H2,1-2H3. The molecule has 0 bridgehead atoms. The second kappa shape index (κ2) is 5.50. The molecule has 4 heteroatoms. The minimum absolute atomic E-state index is 0.500. The van der Waals surface area contributed by atoms with E-state index in [0.717, 1.165) is 22.8 Å². The predicted molar refractivity (Wildman–Crippen MR) is 64.8 cm³/mol. The molecule has 0 spiro atoms. The van der Waals surface area contributed by atoms with Gasteiger partial charge >= 0.3 is 0 Å². The van der Waals surface area contributed by atoms with E-state index in [-0.39, 0.29) is 0 Å². The zero-order valence-electron chi connectivity index (χ0n) is 10.1. The first kappa shape index (κ1) is 11.7. The third-order valence-corrected chi connectivity index (χ3v) is 2.52. The van der Waals surface area contributed by atoms with E-state index in [0.29, 0.717) is 13.2 Å². The average Bonchev–Trinajstić information content (AvgIpc) is 2.76. The molecular weight excluding hydrogens is 216 g/mol. The van der Waals surface area contributed by atoms with Gasteiger partial charge in [-0.3, -0.25) is 4.98 Å². The molecule has 0 saturated carbocycles. The Morgan fingerprint density at radius 3 is 3.06 bits per heavy atom. The second-order valence-electron chi connectivity index (χ2n) is 3.77. The zero-order valence-corrected chi connectivity index (χ0v) is 10.1. The average molecular weight is 232 g/mol. The summed E-state index contributed by atoms with van der Waals surface area (Å²) in [6, 6.07) is 5.71. The molecule has 2 heterocycles. The van der Waals surface area contributed by atoms with Crippen molar-refractivity contribution in [2.45, 2.75) is 20.1 Å². The molecular formula is C13H16N2O2. The lowest BCUT2D eigenvalue weighted by atomic mass is 10.2. The van der Waals surface area contributed by atoms with Crippen molar-refractivity contribution >= 4 is 0 Å². The Balaban J connectivity index is 2.02. The van der Waals surface area contributed by atoms with E-state index in [1.54, 1.807) is 12.5 Å². The first-order chi connectivity index (χ1) is 8.31. The summed E-state index contributed by atoms with van der Waals surface area (Å²) >= 11 is 0. The Kier molecular flexibility index (Phi) is 3.77. The summed E-state index contributed by atoms with van der Waals surface area (Å²) in [4.78, 5) is 4.18. The van der Waals surface area contributed by atoms with Crippen LogP contribution in [0.5, 0.6) is 5.75 Å². The van der Waals surface area contributed by atoms with Crippen LogP contribution in [0.3, 0.4) is 0 Å². The highest BCUT2D eigenvalue weighted by Crippen LogP contribution is 2.17. The number of hydrogen-bond donors (Lipinski definition) is 1. The number of rotatable bonds is 5. The molecule has 0 aliphatic carbocycles. The van der Waals surface area contributed by atoms with Crippen LogP contribution in [-0.2, 0) is 13.2 Å². The maximum absolute atomic E-state index is 5.72. The Morgan fingerprint density at radius 2 is 2.29 bits per heavy atom. The van der Waals surface area contributed by atoms with E-state index in [2.05, 4.69) is 10.3 Å². The number of ether oxygens (including phenoxy) is 1. The summed E-state index contributed by atoms with van der Waals surface area (Å²) in [5.41, 5.74) is 1.95. The first-order valence-corrected chi connectivity index (χ1v) is 5.55. The van der Waals surface area contributed by atoms with Crippen molar-refractivity contribution in [1.29, 1.82) is 0 Å². The molecule has 0 aliphatic rings. The number of aromatic nitrogens is 1. The van der Waals surface area contributed by atoms with E-state index in [1.807, 2.05) is 32.2 Å². The fourth-order valence-electron chi connectivity index (χ4n) is 1.59. The van der Waals surface area contributed by atoms with Crippen LogP contribution in [0.4, 0.5) is 0 Å². The molecule has 0 atom stereocenters. The van der Waals surface area contributed by atoms with Crippen molar-refractivity contribution < 1.29 is 9.15 Å². The van der Waals surface area contributed by atoms with Crippen molar-refractivity contribution in [3.05, 3.63) is 47.7 Å². The number of nitrogens with zero attached hydrogens (tertiary/aromatic N) is 1. The summed E-state index contributed by atoms with van der Waals surface area (Å²) in [6.45, 7) is 3.14. The van der Waals surface area contributed by atoms with Crippen LogP contribution < -0.4 is 10.1 Å². The minimum atomic E-state index is 0.500. The molecule has 0 radical (unpaired) electrons. The van der Waals surface area contributed by atoms with Crippen LogP contribution in [0.25, 0.3) is 0 Å². The van der Waals surface area contributed by atoms with Gasteiger partial charge in [-0.25, -0.2) is 0 Å². The van der Waals surface area contributed by atoms with E-state index in [9.17, 15) is 0 Å². The van der Waals surface area contributed by atoms with Crippen molar-refractivity contribution in [2.24, 2.45) is 0 Å². The van der Waals surface area contributed by atoms with E-state index < -0.39 is 0 Å². The molecule has 0 aromatic carbocycles. The van der Waals surface area contributed by atoms with Gasteiger partial charge in [0.15, 0.2) is 0 Å². The Bertz CT molecular complexity index is 480. The minimum Gasteiger partial charge on any atom is -0.487 e.